The van der Waals surface area contributed by atoms with Gasteiger partial charge in [0.2, 0.25) is 0 Å². The van der Waals surface area contributed by atoms with E-state index in [0.29, 0.717) is 6.61 Å². The number of nitrogens with zero attached hydrogens (tertiary/aromatic N) is 2. The van der Waals surface area contributed by atoms with Crippen LogP contribution in [0.15, 0.2) is 0 Å². The van der Waals surface area contributed by atoms with Crippen molar-refractivity contribution < 1.29 is 9.53 Å². The molecule has 19 heavy (non-hydrogen) atoms. The molecule has 4 nitrogen and oxygen atoms in total. The van der Waals surface area contributed by atoms with E-state index in [1.165, 1.54) is 38.5 Å². The molecule has 112 valence electrons. The van der Waals surface area contributed by atoms with E-state index in [-0.39, 0.29) is 12.1 Å². The van der Waals surface area contributed by atoms with Crippen LogP contribution in [0.2, 0.25) is 0 Å². The van der Waals surface area contributed by atoms with Gasteiger partial charge in [-0.25, -0.2) is 4.79 Å². The molecule has 0 aromatic heterocycles. The van der Waals surface area contributed by atoms with Crippen molar-refractivity contribution in [1.29, 1.82) is 0 Å². The molecular weight excluding hydrogens is 240 g/mol. The number of rotatable bonds is 9. The SMILES string of the molecule is CCCCCCCCN1CCN(C)C1C(=O)OCC. The Hall–Kier alpha value is -0.610. The van der Waals surface area contributed by atoms with Crippen LogP contribution >= 0.6 is 0 Å². The van der Waals surface area contributed by atoms with E-state index in [1.807, 2.05) is 14.0 Å². The summed E-state index contributed by atoms with van der Waals surface area (Å²) >= 11 is 0. The van der Waals surface area contributed by atoms with Crippen molar-refractivity contribution in [2.24, 2.45) is 0 Å². The van der Waals surface area contributed by atoms with Crippen molar-refractivity contribution in [2.75, 3.05) is 33.3 Å². The van der Waals surface area contributed by atoms with Crippen LogP contribution in [0.4, 0.5) is 0 Å². The van der Waals surface area contributed by atoms with Gasteiger partial charge in [0.05, 0.1) is 6.61 Å². The molecule has 1 aliphatic rings. The van der Waals surface area contributed by atoms with Crippen molar-refractivity contribution in [1.82, 2.24) is 9.80 Å². The fourth-order valence-corrected chi connectivity index (χ4v) is 2.68. The highest BCUT2D eigenvalue weighted by Crippen LogP contribution is 2.16. The van der Waals surface area contributed by atoms with Crippen LogP contribution in [0.25, 0.3) is 0 Å². The lowest BCUT2D eigenvalue weighted by atomic mass is 10.1. The topological polar surface area (TPSA) is 32.8 Å². The highest BCUT2D eigenvalue weighted by atomic mass is 16.5. The van der Waals surface area contributed by atoms with Gasteiger partial charge in [0.1, 0.15) is 0 Å². The largest absolute Gasteiger partial charge is 0.464 e. The Morgan fingerprint density at radius 1 is 1.11 bits per heavy atom. The minimum atomic E-state index is -0.157. The number of likely N-dealkylation sites (N-methyl/N-ethyl adjacent to an activating group) is 1. The molecule has 4 heteroatoms. The molecule has 0 N–H and O–H groups in total. The third-order valence-corrected chi connectivity index (χ3v) is 3.80. The first-order valence-corrected chi connectivity index (χ1v) is 7.81. The molecule has 0 aliphatic carbocycles. The molecule has 1 aliphatic heterocycles. The zero-order chi connectivity index (χ0) is 14.1. The molecule has 1 unspecified atom stereocenters. The second-order valence-corrected chi connectivity index (χ2v) is 5.41. The van der Waals surface area contributed by atoms with Crippen LogP contribution in [-0.4, -0.2) is 55.2 Å². The van der Waals surface area contributed by atoms with E-state index >= 15 is 0 Å². The molecule has 0 aromatic rings. The summed E-state index contributed by atoms with van der Waals surface area (Å²) in [4.78, 5) is 16.3. The maximum absolute atomic E-state index is 11.9. The molecule has 0 aromatic carbocycles. The van der Waals surface area contributed by atoms with E-state index in [9.17, 15) is 4.79 Å². The summed E-state index contributed by atoms with van der Waals surface area (Å²) in [6.45, 7) is 7.52. The van der Waals surface area contributed by atoms with Gasteiger partial charge in [0, 0.05) is 19.6 Å². The Kier molecular flexibility index (Phi) is 8.07. The molecule has 0 bridgehead atoms. The smallest absolute Gasteiger partial charge is 0.338 e. The molecule has 1 rings (SSSR count). The van der Waals surface area contributed by atoms with Gasteiger partial charge in [-0.3, -0.25) is 9.80 Å². The minimum absolute atomic E-state index is 0.0894. The Morgan fingerprint density at radius 2 is 1.79 bits per heavy atom. The monoisotopic (exact) mass is 270 g/mol. The van der Waals surface area contributed by atoms with Gasteiger partial charge >= 0.3 is 5.97 Å². The maximum atomic E-state index is 11.9. The Balaban J connectivity index is 2.25. The first-order chi connectivity index (χ1) is 9.20. The quantitative estimate of drug-likeness (QED) is 0.476. The van der Waals surface area contributed by atoms with Crippen LogP contribution < -0.4 is 0 Å². The van der Waals surface area contributed by atoms with E-state index in [4.69, 9.17) is 4.74 Å². The lowest BCUT2D eigenvalue weighted by molar-refractivity contribution is -0.153. The minimum Gasteiger partial charge on any atom is -0.464 e. The van der Waals surface area contributed by atoms with E-state index < -0.39 is 0 Å². The number of carbonyl (C=O) groups is 1. The molecule has 0 amide bonds. The number of ether oxygens (including phenoxy) is 1. The first-order valence-electron chi connectivity index (χ1n) is 7.81. The van der Waals surface area contributed by atoms with Gasteiger partial charge in [-0.05, 0) is 20.4 Å². The highest BCUT2D eigenvalue weighted by molar-refractivity contribution is 5.75. The van der Waals surface area contributed by atoms with E-state index in [1.54, 1.807) is 0 Å². The van der Waals surface area contributed by atoms with Crippen molar-refractivity contribution >= 4 is 5.97 Å². The summed E-state index contributed by atoms with van der Waals surface area (Å²) in [5, 5.41) is 0. The van der Waals surface area contributed by atoms with Gasteiger partial charge < -0.3 is 4.74 Å². The Labute approximate surface area is 118 Å². The summed E-state index contributed by atoms with van der Waals surface area (Å²) in [6, 6.07) is 0. The third kappa shape index (κ3) is 5.49. The summed E-state index contributed by atoms with van der Waals surface area (Å²) in [5.41, 5.74) is 0. The van der Waals surface area contributed by atoms with Gasteiger partial charge in [-0.15, -0.1) is 0 Å². The Morgan fingerprint density at radius 3 is 2.47 bits per heavy atom. The average Bonchev–Trinajstić information content (AvgIpc) is 2.75. The van der Waals surface area contributed by atoms with E-state index in [0.717, 1.165) is 19.6 Å². The summed E-state index contributed by atoms with van der Waals surface area (Å²) in [5.74, 6) is -0.0894. The predicted octanol–water partition coefficient (Wildman–Crippen LogP) is 2.48. The number of hydrogen-bond donors (Lipinski definition) is 0. The lowest BCUT2D eigenvalue weighted by Gasteiger charge is -2.25. The molecule has 1 atom stereocenters. The van der Waals surface area contributed by atoms with Gasteiger partial charge in [0.25, 0.3) is 0 Å². The molecule has 0 spiro atoms. The van der Waals surface area contributed by atoms with Crippen LogP contribution in [0.5, 0.6) is 0 Å². The van der Waals surface area contributed by atoms with Crippen molar-refractivity contribution in [3.63, 3.8) is 0 Å². The maximum Gasteiger partial charge on any atom is 0.338 e. The van der Waals surface area contributed by atoms with Gasteiger partial charge in [-0.1, -0.05) is 39.0 Å². The molecule has 1 heterocycles. The summed E-state index contributed by atoms with van der Waals surface area (Å²) in [7, 11) is 2.00. The van der Waals surface area contributed by atoms with Crippen molar-refractivity contribution in [2.45, 2.75) is 58.5 Å². The number of carbonyl (C=O) groups excluding carboxylic acids is 1. The average molecular weight is 270 g/mol. The van der Waals surface area contributed by atoms with Crippen LogP contribution in [0.1, 0.15) is 52.4 Å². The highest BCUT2D eigenvalue weighted by Gasteiger charge is 2.35. The summed E-state index contributed by atoms with van der Waals surface area (Å²) in [6.07, 6.45) is 7.61. The van der Waals surface area contributed by atoms with E-state index in [2.05, 4.69) is 16.7 Å². The Bertz CT molecular complexity index is 259. The number of unbranched alkanes of at least 4 members (excludes halogenated alkanes) is 5. The lowest BCUT2D eigenvalue weighted by Crippen LogP contribution is -2.44. The zero-order valence-electron chi connectivity index (χ0n) is 12.9. The third-order valence-electron chi connectivity index (χ3n) is 3.80. The fraction of sp³-hybridized carbons (Fsp3) is 0.933. The normalized spacial score (nSPS) is 20.9. The van der Waals surface area contributed by atoms with Crippen LogP contribution in [-0.2, 0) is 9.53 Å². The van der Waals surface area contributed by atoms with Crippen LogP contribution in [0, 0.1) is 0 Å². The second kappa shape index (κ2) is 9.32. The molecule has 0 radical (unpaired) electrons. The zero-order valence-corrected chi connectivity index (χ0v) is 12.9. The molecule has 1 fully saturated rings. The summed E-state index contributed by atoms with van der Waals surface area (Å²) < 4.78 is 5.16. The van der Waals surface area contributed by atoms with Gasteiger partial charge in [-0.2, -0.15) is 0 Å². The number of esters is 1. The first kappa shape index (κ1) is 16.4. The molecular formula is C15H30N2O2. The second-order valence-electron chi connectivity index (χ2n) is 5.41. The standard InChI is InChI=1S/C15H30N2O2/c1-4-6-7-8-9-10-11-17-13-12-16(3)14(17)15(18)19-5-2/h14H,4-13H2,1-3H3. The number of hydrogen-bond acceptors (Lipinski definition) is 4. The predicted molar refractivity (Wildman–Crippen MR) is 78.0 cm³/mol. The molecule has 1 saturated heterocycles. The van der Waals surface area contributed by atoms with Crippen molar-refractivity contribution in [3.05, 3.63) is 0 Å². The molecule has 0 saturated carbocycles. The van der Waals surface area contributed by atoms with Crippen LogP contribution in [0.3, 0.4) is 0 Å². The van der Waals surface area contributed by atoms with Gasteiger partial charge in [0.15, 0.2) is 6.17 Å². The fourth-order valence-electron chi connectivity index (χ4n) is 2.68. The van der Waals surface area contributed by atoms with Crippen molar-refractivity contribution in [3.8, 4) is 0 Å².